The first-order valence-corrected chi connectivity index (χ1v) is 6.14. The summed E-state index contributed by atoms with van der Waals surface area (Å²) >= 11 is 5.93. The minimum absolute atomic E-state index is 0. The molecule has 1 unspecified atom stereocenters. The van der Waals surface area contributed by atoms with Crippen molar-refractivity contribution in [1.29, 1.82) is 5.26 Å². The second-order valence-electron chi connectivity index (χ2n) is 5.40. The van der Waals surface area contributed by atoms with Crippen LogP contribution in [0.25, 0.3) is 0 Å². The topological polar surface area (TPSA) is 86.7 Å². The smallest absolute Gasteiger partial charge is 0.128 e. The van der Waals surface area contributed by atoms with Gasteiger partial charge in [0.15, 0.2) is 0 Å². The highest BCUT2D eigenvalue weighted by atomic mass is 35.5. The third kappa shape index (κ3) is 5.25. The van der Waals surface area contributed by atoms with Crippen molar-refractivity contribution in [2.45, 2.75) is 32.4 Å². The van der Waals surface area contributed by atoms with Gasteiger partial charge in [0.2, 0.25) is 0 Å². The molecule has 0 aromatic heterocycles. The van der Waals surface area contributed by atoms with Crippen LogP contribution in [-0.2, 0) is 0 Å². The lowest BCUT2D eigenvalue weighted by Gasteiger charge is -2.20. The number of benzene rings is 1. The number of hydrogen-bond acceptors (Lipinski definition) is 3. The Hall–Kier alpha value is -0.990. The molecule has 0 saturated heterocycles. The van der Waals surface area contributed by atoms with E-state index in [1.807, 2.05) is 11.4 Å². The lowest BCUT2D eigenvalue weighted by molar-refractivity contribution is -0.722. The molecule has 6 heteroatoms. The van der Waals surface area contributed by atoms with Crippen molar-refractivity contribution >= 4 is 17.3 Å². The standard InChI is InChI=1S/C13H18ClN3O.ClH/c1-13(2,3)17-7-11(18)8-4-9(6-15)12(16)10(14)5-8;/h4-5,11,17-18H,7,16H2,1-3H3;1H. The summed E-state index contributed by atoms with van der Waals surface area (Å²) in [4.78, 5) is 0. The van der Waals surface area contributed by atoms with Crippen LogP contribution in [0.3, 0.4) is 0 Å². The Morgan fingerprint density at radius 1 is 1.47 bits per heavy atom. The van der Waals surface area contributed by atoms with Crippen molar-refractivity contribution in [2.75, 3.05) is 12.3 Å². The summed E-state index contributed by atoms with van der Waals surface area (Å²) in [5, 5.41) is 21.3. The molecule has 5 N–H and O–H groups in total. The SMILES string of the molecule is CC(C)(C)[NH2+]CC(O)c1cc(Cl)c(N)c(C#N)c1.[Cl-]. The lowest BCUT2D eigenvalue weighted by Crippen LogP contribution is -3.00. The number of aliphatic hydroxyl groups is 1. The first kappa shape index (κ1) is 18.0. The van der Waals surface area contributed by atoms with E-state index in [0.29, 0.717) is 22.7 Å². The van der Waals surface area contributed by atoms with E-state index >= 15 is 0 Å². The number of nitrogens with two attached hydrogens (primary N) is 2. The molecule has 0 aliphatic rings. The van der Waals surface area contributed by atoms with Gasteiger partial charge in [-0.1, -0.05) is 11.6 Å². The largest absolute Gasteiger partial charge is 1.00 e. The van der Waals surface area contributed by atoms with E-state index in [0.717, 1.165) is 0 Å². The molecular formula is C13H19Cl2N3O. The van der Waals surface area contributed by atoms with E-state index < -0.39 is 6.10 Å². The summed E-state index contributed by atoms with van der Waals surface area (Å²) in [5.41, 5.74) is 6.87. The van der Waals surface area contributed by atoms with E-state index in [1.165, 1.54) is 0 Å². The van der Waals surface area contributed by atoms with Gasteiger partial charge in [-0.25, -0.2) is 0 Å². The fourth-order valence-corrected chi connectivity index (χ4v) is 1.75. The van der Waals surface area contributed by atoms with Gasteiger partial charge in [0.1, 0.15) is 18.7 Å². The summed E-state index contributed by atoms with van der Waals surface area (Å²) < 4.78 is 0. The highest BCUT2D eigenvalue weighted by Crippen LogP contribution is 2.27. The number of nitrogen functional groups attached to an aromatic ring is 1. The second-order valence-corrected chi connectivity index (χ2v) is 5.80. The molecule has 0 amide bonds. The van der Waals surface area contributed by atoms with Gasteiger partial charge in [0.05, 0.1) is 21.8 Å². The molecule has 1 atom stereocenters. The van der Waals surface area contributed by atoms with Gasteiger partial charge in [-0.3, -0.25) is 0 Å². The monoisotopic (exact) mass is 303 g/mol. The van der Waals surface area contributed by atoms with Crippen molar-refractivity contribution < 1.29 is 22.8 Å². The van der Waals surface area contributed by atoms with Crippen molar-refractivity contribution in [2.24, 2.45) is 0 Å². The normalized spacial score (nSPS) is 12.4. The van der Waals surface area contributed by atoms with Crippen LogP contribution in [0.4, 0.5) is 5.69 Å². The number of aliphatic hydroxyl groups excluding tert-OH is 1. The average Bonchev–Trinajstić information content (AvgIpc) is 2.28. The predicted octanol–water partition coefficient (Wildman–Crippen LogP) is -1.81. The zero-order valence-electron chi connectivity index (χ0n) is 11.2. The van der Waals surface area contributed by atoms with E-state index in [2.05, 4.69) is 20.8 Å². The minimum Gasteiger partial charge on any atom is -1.00 e. The lowest BCUT2D eigenvalue weighted by atomic mass is 10.0. The Kier molecular flexibility index (Phi) is 6.61. The third-order valence-corrected chi connectivity index (χ3v) is 2.92. The van der Waals surface area contributed by atoms with Gasteiger partial charge in [0.25, 0.3) is 0 Å². The maximum absolute atomic E-state index is 10.1. The van der Waals surface area contributed by atoms with Crippen molar-refractivity contribution in [3.63, 3.8) is 0 Å². The maximum Gasteiger partial charge on any atom is 0.128 e. The van der Waals surface area contributed by atoms with Crippen LogP contribution in [0.2, 0.25) is 5.02 Å². The number of quaternary nitrogens is 1. The molecule has 19 heavy (non-hydrogen) atoms. The first-order chi connectivity index (χ1) is 8.24. The molecule has 0 spiro atoms. The zero-order chi connectivity index (χ0) is 13.9. The predicted molar refractivity (Wildman–Crippen MR) is 72.1 cm³/mol. The number of nitriles is 1. The molecule has 0 aliphatic carbocycles. The Balaban J connectivity index is 0.00000324. The zero-order valence-corrected chi connectivity index (χ0v) is 12.8. The van der Waals surface area contributed by atoms with Crippen LogP contribution in [0.5, 0.6) is 0 Å². The molecule has 0 bridgehead atoms. The maximum atomic E-state index is 10.1. The van der Waals surface area contributed by atoms with Gasteiger partial charge in [-0.15, -0.1) is 0 Å². The van der Waals surface area contributed by atoms with Crippen molar-refractivity contribution in [3.8, 4) is 6.07 Å². The summed E-state index contributed by atoms with van der Waals surface area (Å²) in [6.07, 6.45) is -0.672. The van der Waals surface area contributed by atoms with Crippen LogP contribution >= 0.6 is 11.6 Å². The van der Waals surface area contributed by atoms with Gasteiger partial charge in [-0.05, 0) is 38.5 Å². The Morgan fingerprint density at radius 2 is 2.05 bits per heavy atom. The number of nitrogens with zero attached hydrogens (tertiary/aromatic N) is 1. The Bertz CT molecular complexity index is 478. The van der Waals surface area contributed by atoms with E-state index in [1.54, 1.807) is 12.1 Å². The Morgan fingerprint density at radius 3 is 2.53 bits per heavy atom. The van der Waals surface area contributed by atoms with Crippen LogP contribution in [0, 0.1) is 11.3 Å². The van der Waals surface area contributed by atoms with Crippen molar-refractivity contribution in [3.05, 3.63) is 28.3 Å². The van der Waals surface area contributed by atoms with Gasteiger partial charge < -0.3 is 28.6 Å². The summed E-state index contributed by atoms with van der Waals surface area (Å²) in [6.45, 7) is 6.71. The van der Waals surface area contributed by atoms with Crippen molar-refractivity contribution in [1.82, 2.24) is 0 Å². The van der Waals surface area contributed by atoms with Crippen LogP contribution in [0.1, 0.15) is 38.0 Å². The number of hydrogen-bond donors (Lipinski definition) is 3. The highest BCUT2D eigenvalue weighted by molar-refractivity contribution is 6.33. The molecule has 0 radical (unpaired) electrons. The van der Waals surface area contributed by atoms with Gasteiger partial charge in [-0.2, -0.15) is 5.26 Å². The molecular weight excluding hydrogens is 285 g/mol. The molecule has 0 fully saturated rings. The summed E-state index contributed by atoms with van der Waals surface area (Å²) in [5.74, 6) is 0. The molecule has 1 rings (SSSR count). The summed E-state index contributed by atoms with van der Waals surface area (Å²) in [7, 11) is 0. The van der Waals surface area contributed by atoms with E-state index in [4.69, 9.17) is 22.6 Å². The van der Waals surface area contributed by atoms with E-state index in [9.17, 15) is 5.11 Å². The summed E-state index contributed by atoms with van der Waals surface area (Å²) in [6, 6.07) is 5.17. The van der Waals surface area contributed by atoms with Gasteiger partial charge in [0, 0.05) is 0 Å². The molecule has 0 saturated carbocycles. The van der Waals surface area contributed by atoms with E-state index in [-0.39, 0.29) is 23.6 Å². The number of anilines is 1. The number of halogens is 2. The fourth-order valence-electron chi connectivity index (χ4n) is 1.52. The van der Waals surface area contributed by atoms with Crippen LogP contribution < -0.4 is 23.5 Å². The van der Waals surface area contributed by atoms with Crippen LogP contribution in [-0.4, -0.2) is 17.2 Å². The van der Waals surface area contributed by atoms with Crippen LogP contribution in [0.15, 0.2) is 12.1 Å². The minimum atomic E-state index is -0.672. The highest BCUT2D eigenvalue weighted by Gasteiger charge is 2.19. The Labute approximate surface area is 125 Å². The number of rotatable bonds is 3. The molecule has 1 aromatic carbocycles. The molecule has 0 aliphatic heterocycles. The van der Waals surface area contributed by atoms with Gasteiger partial charge >= 0.3 is 0 Å². The first-order valence-electron chi connectivity index (χ1n) is 5.76. The average molecular weight is 304 g/mol. The third-order valence-electron chi connectivity index (χ3n) is 2.61. The molecule has 4 nitrogen and oxygen atoms in total. The quantitative estimate of drug-likeness (QED) is 0.576. The second kappa shape index (κ2) is 6.97. The fraction of sp³-hybridized carbons (Fsp3) is 0.462. The molecule has 1 aromatic rings. The molecule has 106 valence electrons. The molecule has 0 heterocycles.